The minimum atomic E-state index is -4.35. The molecule has 0 fully saturated rings. The highest BCUT2D eigenvalue weighted by molar-refractivity contribution is 7.90. The van der Waals surface area contributed by atoms with Gasteiger partial charge in [0.1, 0.15) is 11.5 Å². The topological polar surface area (TPSA) is 90.5 Å². The number of benzene rings is 3. The molecule has 8 heteroatoms. The monoisotopic (exact) mass is 408 g/mol. The quantitative estimate of drug-likeness (QED) is 0.547. The second-order valence-corrected chi connectivity index (χ2v) is 7.92. The van der Waals surface area contributed by atoms with Crippen molar-refractivity contribution in [3.05, 3.63) is 102 Å². The Balaban J connectivity index is 1.76. The average molecular weight is 408 g/mol. The fourth-order valence-corrected chi connectivity index (χ4v) is 4.16. The molecule has 0 bridgehead atoms. The summed E-state index contributed by atoms with van der Waals surface area (Å²) in [6.07, 6.45) is 1.07. The standard InChI is InChI=1S/C21H16N2O5S/c24-20-15-22(16-8-3-1-4-9-16)21(25)23(20)29(26,27)19-13-7-12-18(14-19)28-17-10-5-2-6-11-17/h1-15,24H. The third-order valence-electron chi connectivity index (χ3n) is 4.19. The van der Waals surface area contributed by atoms with E-state index in [1.807, 2.05) is 6.07 Å². The van der Waals surface area contributed by atoms with Gasteiger partial charge in [-0.2, -0.15) is 0 Å². The summed E-state index contributed by atoms with van der Waals surface area (Å²) >= 11 is 0. The van der Waals surface area contributed by atoms with Crippen molar-refractivity contribution in [3.63, 3.8) is 0 Å². The molecular formula is C21H16N2O5S. The molecule has 3 aromatic carbocycles. The van der Waals surface area contributed by atoms with Gasteiger partial charge in [0.25, 0.3) is 10.0 Å². The molecule has 0 unspecified atom stereocenters. The zero-order valence-electron chi connectivity index (χ0n) is 15.0. The number of aromatic nitrogens is 2. The molecule has 4 aromatic rings. The third-order valence-corrected chi connectivity index (χ3v) is 5.86. The summed E-state index contributed by atoms with van der Waals surface area (Å²) in [5.41, 5.74) is -0.467. The van der Waals surface area contributed by atoms with Crippen molar-refractivity contribution in [2.45, 2.75) is 4.90 Å². The molecular weight excluding hydrogens is 392 g/mol. The minimum absolute atomic E-state index is 0.186. The first-order valence-corrected chi connectivity index (χ1v) is 10.1. The first-order chi connectivity index (χ1) is 14.0. The molecule has 0 radical (unpaired) electrons. The van der Waals surface area contributed by atoms with E-state index in [1.54, 1.807) is 60.7 Å². The summed E-state index contributed by atoms with van der Waals surface area (Å²) < 4.78 is 33.2. The molecule has 0 aliphatic heterocycles. The van der Waals surface area contributed by atoms with Gasteiger partial charge in [0.2, 0.25) is 5.88 Å². The fraction of sp³-hybridized carbons (Fsp3) is 0. The van der Waals surface area contributed by atoms with Crippen LogP contribution in [0.5, 0.6) is 17.4 Å². The van der Waals surface area contributed by atoms with Gasteiger partial charge in [-0.1, -0.05) is 42.5 Å². The van der Waals surface area contributed by atoms with E-state index in [0.29, 0.717) is 15.4 Å². The second kappa shape index (κ2) is 7.33. The first-order valence-electron chi connectivity index (χ1n) is 8.64. The number of rotatable bonds is 5. The van der Waals surface area contributed by atoms with E-state index >= 15 is 0 Å². The van der Waals surface area contributed by atoms with Crippen LogP contribution in [0.1, 0.15) is 0 Å². The van der Waals surface area contributed by atoms with Crippen LogP contribution in [0, 0.1) is 0 Å². The van der Waals surface area contributed by atoms with Gasteiger partial charge in [-0.25, -0.2) is 13.2 Å². The van der Waals surface area contributed by atoms with Gasteiger partial charge in [-0.15, -0.1) is 3.97 Å². The Bertz CT molecular complexity index is 1310. The van der Waals surface area contributed by atoms with E-state index in [4.69, 9.17) is 4.74 Å². The highest BCUT2D eigenvalue weighted by Gasteiger charge is 2.26. The lowest BCUT2D eigenvalue weighted by molar-refractivity contribution is 0.443. The Morgan fingerprint density at radius 1 is 0.793 bits per heavy atom. The van der Waals surface area contributed by atoms with E-state index < -0.39 is 21.6 Å². The largest absolute Gasteiger partial charge is 0.493 e. The van der Waals surface area contributed by atoms with E-state index in [9.17, 15) is 18.3 Å². The predicted molar refractivity (Wildman–Crippen MR) is 107 cm³/mol. The van der Waals surface area contributed by atoms with Crippen molar-refractivity contribution in [1.82, 2.24) is 8.54 Å². The van der Waals surface area contributed by atoms with Crippen molar-refractivity contribution in [2.24, 2.45) is 0 Å². The molecule has 0 aliphatic rings. The molecule has 7 nitrogen and oxygen atoms in total. The first kappa shape index (κ1) is 18.6. The van der Waals surface area contributed by atoms with Gasteiger partial charge in [0, 0.05) is 6.07 Å². The zero-order chi connectivity index (χ0) is 20.4. The van der Waals surface area contributed by atoms with Crippen molar-refractivity contribution in [2.75, 3.05) is 0 Å². The van der Waals surface area contributed by atoms with E-state index in [-0.39, 0.29) is 10.6 Å². The van der Waals surface area contributed by atoms with Gasteiger partial charge in [-0.05, 0) is 36.4 Å². The van der Waals surface area contributed by atoms with Crippen molar-refractivity contribution in [1.29, 1.82) is 0 Å². The number of hydrogen-bond acceptors (Lipinski definition) is 5. The van der Waals surface area contributed by atoms with Crippen LogP contribution in [0.25, 0.3) is 5.69 Å². The van der Waals surface area contributed by atoms with Gasteiger partial charge in [0.15, 0.2) is 0 Å². The predicted octanol–water partition coefficient (Wildman–Crippen LogP) is 3.37. The Morgan fingerprint density at radius 2 is 1.41 bits per heavy atom. The highest BCUT2D eigenvalue weighted by atomic mass is 32.2. The van der Waals surface area contributed by atoms with Crippen LogP contribution < -0.4 is 10.4 Å². The lowest BCUT2D eigenvalue weighted by Crippen LogP contribution is -2.28. The lowest BCUT2D eigenvalue weighted by atomic mass is 10.3. The molecule has 0 saturated heterocycles. The molecule has 0 atom stereocenters. The molecule has 0 spiro atoms. The SMILES string of the molecule is O=c1n(-c2ccccc2)cc(O)n1S(=O)(=O)c1cccc(Oc2ccccc2)c1. The normalized spacial score (nSPS) is 11.3. The van der Waals surface area contributed by atoms with Gasteiger partial charge < -0.3 is 9.84 Å². The summed E-state index contributed by atoms with van der Waals surface area (Å²) in [5, 5.41) is 10.2. The van der Waals surface area contributed by atoms with E-state index in [1.165, 1.54) is 18.2 Å². The van der Waals surface area contributed by atoms with Crippen molar-refractivity contribution < 1.29 is 18.3 Å². The molecule has 4 rings (SSSR count). The van der Waals surface area contributed by atoms with Gasteiger partial charge >= 0.3 is 5.69 Å². The van der Waals surface area contributed by atoms with Crippen LogP contribution in [0.4, 0.5) is 0 Å². The van der Waals surface area contributed by atoms with Crippen LogP contribution in [0.2, 0.25) is 0 Å². The molecule has 0 amide bonds. The van der Waals surface area contributed by atoms with Crippen LogP contribution in [-0.2, 0) is 10.0 Å². The Labute approximate surface area is 166 Å². The highest BCUT2D eigenvalue weighted by Crippen LogP contribution is 2.26. The fourth-order valence-electron chi connectivity index (χ4n) is 2.85. The van der Waals surface area contributed by atoms with Crippen LogP contribution in [0.3, 0.4) is 0 Å². The van der Waals surface area contributed by atoms with E-state index in [2.05, 4.69) is 0 Å². The Kier molecular flexibility index (Phi) is 4.69. The van der Waals surface area contributed by atoms with Crippen molar-refractivity contribution in [3.8, 4) is 23.1 Å². The summed E-state index contributed by atoms with van der Waals surface area (Å²) in [6, 6.07) is 23.1. The maximum absolute atomic E-state index is 13.1. The Morgan fingerprint density at radius 3 is 2.10 bits per heavy atom. The summed E-state index contributed by atoms with van der Waals surface area (Å²) in [4.78, 5) is 12.6. The smallest absolute Gasteiger partial charge is 0.350 e. The molecule has 1 heterocycles. The Hall–Kier alpha value is -3.78. The maximum atomic E-state index is 13.1. The number of nitrogens with zero attached hydrogens (tertiary/aromatic N) is 2. The van der Waals surface area contributed by atoms with Crippen LogP contribution >= 0.6 is 0 Å². The number of para-hydroxylation sites is 2. The number of imidazole rings is 1. The summed E-state index contributed by atoms with van der Waals surface area (Å²) in [6.45, 7) is 0. The number of ether oxygens (including phenoxy) is 1. The number of aromatic hydroxyl groups is 1. The number of hydrogen-bond donors (Lipinski definition) is 1. The minimum Gasteiger partial charge on any atom is -0.493 e. The van der Waals surface area contributed by atoms with Crippen molar-refractivity contribution >= 4 is 10.0 Å². The van der Waals surface area contributed by atoms with Gasteiger partial charge in [0.05, 0.1) is 16.8 Å². The second-order valence-electron chi connectivity index (χ2n) is 6.13. The maximum Gasteiger partial charge on any atom is 0.350 e. The zero-order valence-corrected chi connectivity index (χ0v) is 15.9. The summed E-state index contributed by atoms with van der Waals surface area (Å²) in [5.74, 6) is 0.137. The molecule has 1 N–H and O–H groups in total. The molecule has 1 aromatic heterocycles. The van der Waals surface area contributed by atoms with Crippen LogP contribution in [-0.4, -0.2) is 22.1 Å². The lowest BCUT2D eigenvalue weighted by Gasteiger charge is -2.09. The molecule has 0 aliphatic carbocycles. The average Bonchev–Trinajstić information content (AvgIpc) is 3.04. The van der Waals surface area contributed by atoms with E-state index in [0.717, 1.165) is 10.8 Å². The molecule has 146 valence electrons. The summed E-state index contributed by atoms with van der Waals surface area (Å²) in [7, 11) is -4.35. The molecule has 0 saturated carbocycles. The molecule has 29 heavy (non-hydrogen) atoms. The van der Waals surface area contributed by atoms with Gasteiger partial charge in [-0.3, -0.25) is 4.57 Å². The third kappa shape index (κ3) is 3.53. The van der Waals surface area contributed by atoms with Crippen LogP contribution in [0.15, 0.2) is 101 Å².